The van der Waals surface area contributed by atoms with Gasteiger partial charge in [0.2, 0.25) is 5.91 Å². The number of nitrogens with two attached hydrogens (primary N) is 1. The van der Waals surface area contributed by atoms with Gasteiger partial charge >= 0.3 is 0 Å². The van der Waals surface area contributed by atoms with Crippen LogP contribution < -0.4 is 5.73 Å². The summed E-state index contributed by atoms with van der Waals surface area (Å²) in [5.41, 5.74) is 5.57. The van der Waals surface area contributed by atoms with Gasteiger partial charge in [-0.05, 0) is 38.8 Å². The van der Waals surface area contributed by atoms with Crippen LogP contribution in [0.4, 0.5) is 0 Å². The molecule has 0 radical (unpaired) electrons. The number of amides is 1. The quantitative estimate of drug-likeness (QED) is 0.818. The van der Waals surface area contributed by atoms with Gasteiger partial charge < -0.3 is 15.5 Å². The van der Waals surface area contributed by atoms with Gasteiger partial charge in [-0.2, -0.15) is 0 Å². The highest BCUT2D eigenvalue weighted by Gasteiger charge is 2.28. The molecule has 2 fully saturated rings. The third-order valence-corrected chi connectivity index (χ3v) is 4.46. The Morgan fingerprint density at radius 2 is 1.78 bits per heavy atom. The van der Waals surface area contributed by atoms with Crippen LogP contribution in [0.5, 0.6) is 0 Å². The van der Waals surface area contributed by atoms with Gasteiger partial charge in [-0.3, -0.25) is 4.79 Å². The van der Waals surface area contributed by atoms with E-state index >= 15 is 0 Å². The van der Waals surface area contributed by atoms with E-state index in [-0.39, 0.29) is 11.8 Å². The fourth-order valence-corrected chi connectivity index (χ4v) is 3.15. The zero-order valence-electron chi connectivity index (χ0n) is 11.6. The van der Waals surface area contributed by atoms with Crippen LogP contribution >= 0.6 is 0 Å². The number of likely N-dealkylation sites (tertiary alicyclic amines) is 2. The van der Waals surface area contributed by atoms with Crippen LogP contribution in [0.3, 0.4) is 0 Å². The molecule has 0 aromatic rings. The lowest BCUT2D eigenvalue weighted by molar-refractivity contribution is -0.136. The molecule has 2 heterocycles. The third kappa shape index (κ3) is 3.23. The molecule has 1 amide bonds. The fourth-order valence-electron chi connectivity index (χ4n) is 3.15. The minimum Gasteiger partial charge on any atom is -0.342 e. The molecule has 0 bridgehead atoms. The maximum atomic E-state index is 12.0. The summed E-state index contributed by atoms with van der Waals surface area (Å²) in [7, 11) is 0. The van der Waals surface area contributed by atoms with Crippen molar-refractivity contribution >= 4 is 5.91 Å². The van der Waals surface area contributed by atoms with Crippen molar-refractivity contribution in [2.45, 2.75) is 45.1 Å². The fraction of sp³-hybridized carbons (Fsp3) is 0.929. The topological polar surface area (TPSA) is 49.6 Å². The predicted molar refractivity (Wildman–Crippen MR) is 73.2 cm³/mol. The summed E-state index contributed by atoms with van der Waals surface area (Å²) in [5.74, 6) is 0.228. The van der Waals surface area contributed by atoms with Crippen molar-refractivity contribution in [2.24, 2.45) is 11.7 Å². The Morgan fingerprint density at radius 1 is 1.17 bits per heavy atom. The molecule has 1 atom stereocenters. The van der Waals surface area contributed by atoms with Crippen molar-refractivity contribution in [3.05, 3.63) is 0 Å². The predicted octanol–water partition coefficient (Wildman–Crippen LogP) is 1.06. The third-order valence-electron chi connectivity index (χ3n) is 4.46. The van der Waals surface area contributed by atoms with Gasteiger partial charge in [0, 0.05) is 31.6 Å². The standard InChI is InChI=1S/C14H27N3O/c1-12(11-15)14(18)17-9-5-13(6-10-17)16-7-3-2-4-8-16/h12-13H,2-11,15H2,1H3. The van der Waals surface area contributed by atoms with E-state index in [1.54, 1.807) is 0 Å². The largest absolute Gasteiger partial charge is 0.342 e. The highest BCUT2D eigenvalue weighted by molar-refractivity contribution is 5.78. The van der Waals surface area contributed by atoms with Crippen LogP contribution in [-0.4, -0.2) is 54.5 Å². The Kier molecular flexibility index (Phi) is 5.01. The Morgan fingerprint density at radius 3 is 2.33 bits per heavy atom. The number of piperidine rings is 2. The monoisotopic (exact) mass is 253 g/mol. The molecule has 0 aromatic carbocycles. The first-order valence-electron chi connectivity index (χ1n) is 7.45. The molecule has 2 aliphatic rings. The summed E-state index contributed by atoms with van der Waals surface area (Å²) < 4.78 is 0. The van der Waals surface area contributed by atoms with Crippen LogP contribution in [0.1, 0.15) is 39.0 Å². The Labute approximate surface area is 110 Å². The van der Waals surface area contributed by atoms with Gasteiger partial charge in [0.25, 0.3) is 0 Å². The van der Waals surface area contributed by atoms with Gasteiger partial charge in [0.1, 0.15) is 0 Å². The van der Waals surface area contributed by atoms with Crippen LogP contribution in [0.25, 0.3) is 0 Å². The maximum Gasteiger partial charge on any atom is 0.226 e. The van der Waals surface area contributed by atoms with Gasteiger partial charge in [-0.1, -0.05) is 13.3 Å². The first kappa shape index (κ1) is 13.8. The number of hydrogen-bond donors (Lipinski definition) is 1. The summed E-state index contributed by atoms with van der Waals surface area (Å²) in [5, 5.41) is 0. The number of nitrogens with zero attached hydrogens (tertiary/aromatic N) is 2. The Bertz CT molecular complexity index is 268. The second-order valence-electron chi connectivity index (χ2n) is 5.79. The smallest absolute Gasteiger partial charge is 0.226 e. The molecule has 18 heavy (non-hydrogen) atoms. The van der Waals surface area contributed by atoms with Crippen molar-refractivity contribution < 1.29 is 4.79 Å². The van der Waals surface area contributed by atoms with Crippen molar-refractivity contribution in [2.75, 3.05) is 32.7 Å². The summed E-state index contributed by atoms with van der Waals surface area (Å²) in [6.07, 6.45) is 6.38. The zero-order valence-corrected chi connectivity index (χ0v) is 11.6. The first-order chi connectivity index (χ1) is 8.72. The van der Waals surface area contributed by atoms with E-state index in [0.29, 0.717) is 12.6 Å². The highest BCUT2D eigenvalue weighted by Crippen LogP contribution is 2.21. The van der Waals surface area contributed by atoms with E-state index in [2.05, 4.69) is 4.90 Å². The normalized spacial score (nSPS) is 25.1. The van der Waals surface area contributed by atoms with Crippen molar-refractivity contribution in [1.82, 2.24) is 9.80 Å². The van der Waals surface area contributed by atoms with E-state index in [4.69, 9.17) is 5.73 Å². The van der Waals surface area contributed by atoms with Gasteiger partial charge in [-0.25, -0.2) is 0 Å². The van der Waals surface area contributed by atoms with Crippen molar-refractivity contribution in [3.8, 4) is 0 Å². The van der Waals surface area contributed by atoms with Crippen LogP contribution in [0, 0.1) is 5.92 Å². The van der Waals surface area contributed by atoms with E-state index < -0.39 is 0 Å². The van der Waals surface area contributed by atoms with E-state index in [0.717, 1.165) is 25.9 Å². The summed E-state index contributed by atoms with van der Waals surface area (Å²) in [6, 6.07) is 0.711. The van der Waals surface area contributed by atoms with Crippen LogP contribution in [0.2, 0.25) is 0 Å². The molecule has 0 aromatic heterocycles. The van der Waals surface area contributed by atoms with Crippen LogP contribution in [-0.2, 0) is 4.79 Å². The molecule has 0 saturated carbocycles. The average Bonchev–Trinajstić information content (AvgIpc) is 2.47. The minimum atomic E-state index is -0.0171. The molecule has 2 saturated heterocycles. The molecule has 0 aliphatic carbocycles. The Hall–Kier alpha value is -0.610. The molecule has 2 aliphatic heterocycles. The van der Waals surface area contributed by atoms with Crippen molar-refractivity contribution in [3.63, 3.8) is 0 Å². The molecule has 1 unspecified atom stereocenters. The lowest BCUT2D eigenvalue weighted by Gasteiger charge is -2.40. The minimum absolute atomic E-state index is 0.0171. The van der Waals surface area contributed by atoms with E-state index in [1.165, 1.54) is 32.4 Å². The molecular weight excluding hydrogens is 226 g/mol. The second kappa shape index (κ2) is 6.53. The first-order valence-corrected chi connectivity index (χ1v) is 7.45. The lowest BCUT2D eigenvalue weighted by atomic mass is 9.99. The summed E-state index contributed by atoms with van der Waals surface area (Å²) in [4.78, 5) is 16.7. The van der Waals surface area contributed by atoms with E-state index in [1.807, 2.05) is 11.8 Å². The molecule has 2 N–H and O–H groups in total. The summed E-state index contributed by atoms with van der Waals surface area (Å²) in [6.45, 7) is 6.76. The summed E-state index contributed by atoms with van der Waals surface area (Å²) >= 11 is 0. The second-order valence-corrected chi connectivity index (χ2v) is 5.79. The van der Waals surface area contributed by atoms with Gasteiger partial charge in [0.05, 0.1) is 0 Å². The SMILES string of the molecule is CC(CN)C(=O)N1CCC(N2CCCCC2)CC1. The molecule has 104 valence electrons. The van der Waals surface area contributed by atoms with Gasteiger partial charge in [0.15, 0.2) is 0 Å². The lowest BCUT2D eigenvalue weighted by Crippen LogP contribution is -2.49. The maximum absolute atomic E-state index is 12.0. The zero-order chi connectivity index (χ0) is 13.0. The molecule has 0 spiro atoms. The van der Waals surface area contributed by atoms with Crippen LogP contribution in [0.15, 0.2) is 0 Å². The molecule has 2 rings (SSSR count). The molecule has 4 nitrogen and oxygen atoms in total. The average molecular weight is 253 g/mol. The van der Waals surface area contributed by atoms with E-state index in [9.17, 15) is 4.79 Å². The molecule has 4 heteroatoms. The van der Waals surface area contributed by atoms with Crippen molar-refractivity contribution in [1.29, 1.82) is 0 Å². The number of hydrogen-bond acceptors (Lipinski definition) is 3. The van der Waals surface area contributed by atoms with Gasteiger partial charge in [-0.15, -0.1) is 0 Å². The number of carbonyl (C=O) groups excluding carboxylic acids is 1. The Balaban J connectivity index is 1.78. The molecular formula is C14H27N3O. The number of rotatable bonds is 3. The highest BCUT2D eigenvalue weighted by atomic mass is 16.2. The number of carbonyl (C=O) groups is 1.